The molecule has 4 aromatic rings. The predicted molar refractivity (Wildman–Crippen MR) is 107 cm³/mol. The van der Waals surface area contributed by atoms with Gasteiger partial charge in [-0.2, -0.15) is 18.3 Å². The van der Waals surface area contributed by atoms with Crippen molar-refractivity contribution in [1.82, 2.24) is 19.6 Å². The van der Waals surface area contributed by atoms with Crippen molar-refractivity contribution in [3.63, 3.8) is 0 Å². The van der Waals surface area contributed by atoms with Crippen LogP contribution in [0.4, 0.5) is 17.6 Å². The smallest absolute Gasteiger partial charge is 0.433 e. The molecule has 3 heterocycles. The summed E-state index contributed by atoms with van der Waals surface area (Å²) in [6.45, 7) is -0.146. The lowest BCUT2D eigenvalue weighted by Crippen LogP contribution is -2.14. The SMILES string of the molecule is COc1ccc(-c2cc(C(N)=O)nc3cc(COc4ccc(C(F)(F)F)nc4)nn23)c(F)c1. The number of amides is 1. The Labute approximate surface area is 183 Å². The summed E-state index contributed by atoms with van der Waals surface area (Å²) in [5.41, 5.74) is 5.05. The van der Waals surface area contributed by atoms with Gasteiger partial charge in [-0.1, -0.05) is 0 Å². The van der Waals surface area contributed by atoms with Crippen LogP contribution in [0.5, 0.6) is 11.5 Å². The number of primary amides is 1. The number of halogens is 4. The molecule has 0 aliphatic heterocycles. The molecule has 8 nitrogen and oxygen atoms in total. The lowest BCUT2D eigenvalue weighted by Gasteiger charge is -2.09. The first kappa shape index (κ1) is 22.0. The molecule has 2 N–H and O–H groups in total. The maximum Gasteiger partial charge on any atom is 0.433 e. The van der Waals surface area contributed by atoms with Crippen LogP contribution in [0.1, 0.15) is 21.9 Å². The normalized spacial score (nSPS) is 11.5. The maximum absolute atomic E-state index is 14.7. The number of nitrogens with zero attached hydrogens (tertiary/aromatic N) is 4. The van der Waals surface area contributed by atoms with E-state index in [1.807, 2.05) is 0 Å². The van der Waals surface area contributed by atoms with Crippen LogP contribution in [0.2, 0.25) is 0 Å². The molecule has 4 rings (SSSR count). The van der Waals surface area contributed by atoms with Gasteiger partial charge in [-0.05, 0) is 30.3 Å². The van der Waals surface area contributed by atoms with Crippen molar-refractivity contribution >= 4 is 11.6 Å². The third kappa shape index (κ3) is 4.54. The highest BCUT2D eigenvalue weighted by Crippen LogP contribution is 2.29. The van der Waals surface area contributed by atoms with Crippen LogP contribution in [-0.4, -0.2) is 32.6 Å². The number of pyridine rings is 1. The van der Waals surface area contributed by atoms with E-state index < -0.39 is 23.6 Å². The molecule has 0 saturated heterocycles. The first-order chi connectivity index (χ1) is 15.7. The van der Waals surface area contributed by atoms with Crippen molar-refractivity contribution in [3.8, 4) is 22.8 Å². The van der Waals surface area contributed by atoms with Crippen LogP contribution in [0, 0.1) is 5.82 Å². The molecule has 0 unspecified atom stereocenters. The second-order valence-electron chi connectivity index (χ2n) is 6.81. The van der Waals surface area contributed by atoms with Gasteiger partial charge in [0.15, 0.2) is 5.65 Å². The number of hydrogen-bond donors (Lipinski definition) is 1. The lowest BCUT2D eigenvalue weighted by atomic mass is 10.1. The summed E-state index contributed by atoms with van der Waals surface area (Å²) in [4.78, 5) is 19.2. The number of aromatic nitrogens is 4. The molecule has 170 valence electrons. The zero-order valence-electron chi connectivity index (χ0n) is 16.9. The van der Waals surface area contributed by atoms with Gasteiger partial charge in [-0.3, -0.25) is 4.79 Å². The highest BCUT2D eigenvalue weighted by Gasteiger charge is 2.32. The van der Waals surface area contributed by atoms with Crippen LogP contribution < -0.4 is 15.2 Å². The van der Waals surface area contributed by atoms with Gasteiger partial charge in [-0.15, -0.1) is 0 Å². The Hall–Kier alpha value is -4.22. The average Bonchev–Trinajstić information content (AvgIpc) is 3.20. The topological polar surface area (TPSA) is 105 Å². The average molecular weight is 461 g/mol. The molecule has 0 aliphatic carbocycles. The number of alkyl halides is 3. The molecule has 1 amide bonds. The van der Waals surface area contributed by atoms with Crippen LogP contribution >= 0.6 is 0 Å². The summed E-state index contributed by atoms with van der Waals surface area (Å²) >= 11 is 0. The highest BCUT2D eigenvalue weighted by atomic mass is 19.4. The van der Waals surface area contributed by atoms with Crippen molar-refractivity contribution in [2.45, 2.75) is 12.8 Å². The molecular formula is C21H15F4N5O3. The number of benzene rings is 1. The Morgan fingerprint density at radius 2 is 1.88 bits per heavy atom. The van der Waals surface area contributed by atoms with E-state index >= 15 is 0 Å². The molecule has 0 spiro atoms. The van der Waals surface area contributed by atoms with E-state index in [-0.39, 0.29) is 35.0 Å². The van der Waals surface area contributed by atoms with Gasteiger partial charge in [0.25, 0.3) is 5.91 Å². The summed E-state index contributed by atoms with van der Waals surface area (Å²) in [7, 11) is 1.40. The van der Waals surface area contributed by atoms with E-state index in [1.54, 1.807) is 6.07 Å². The number of carbonyl (C=O) groups is 1. The van der Waals surface area contributed by atoms with Crippen molar-refractivity contribution < 1.29 is 31.8 Å². The minimum absolute atomic E-state index is 0.0901. The Kier molecular flexibility index (Phi) is 5.58. The minimum Gasteiger partial charge on any atom is -0.497 e. The number of nitrogens with two attached hydrogens (primary N) is 1. The van der Waals surface area contributed by atoms with Gasteiger partial charge in [-0.25, -0.2) is 18.9 Å². The van der Waals surface area contributed by atoms with Gasteiger partial charge >= 0.3 is 6.18 Å². The van der Waals surface area contributed by atoms with Gasteiger partial charge in [0.1, 0.15) is 41.0 Å². The van der Waals surface area contributed by atoms with E-state index in [9.17, 15) is 22.4 Å². The second kappa shape index (κ2) is 8.37. The Morgan fingerprint density at radius 3 is 2.48 bits per heavy atom. The fourth-order valence-electron chi connectivity index (χ4n) is 3.03. The molecule has 0 atom stereocenters. The second-order valence-corrected chi connectivity index (χ2v) is 6.81. The summed E-state index contributed by atoms with van der Waals surface area (Å²) in [6, 6.07) is 8.89. The quantitative estimate of drug-likeness (QED) is 0.440. The largest absolute Gasteiger partial charge is 0.497 e. The summed E-state index contributed by atoms with van der Waals surface area (Å²) < 4.78 is 64.4. The highest BCUT2D eigenvalue weighted by molar-refractivity contribution is 5.92. The van der Waals surface area contributed by atoms with E-state index in [0.717, 1.165) is 18.3 Å². The van der Waals surface area contributed by atoms with E-state index in [1.165, 1.54) is 35.9 Å². The summed E-state index contributed by atoms with van der Waals surface area (Å²) in [5, 5.41) is 4.32. The molecule has 3 aromatic heterocycles. The molecule has 0 radical (unpaired) electrons. The van der Waals surface area contributed by atoms with Crippen molar-refractivity contribution in [2.24, 2.45) is 5.73 Å². The molecule has 0 saturated carbocycles. The number of carbonyl (C=O) groups excluding carboxylic acids is 1. The third-order valence-electron chi connectivity index (χ3n) is 4.60. The number of methoxy groups -OCH3 is 1. The first-order valence-electron chi connectivity index (χ1n) is 9.35. The molecular weight excluding hydrogens is 446 g/mol. The van der Waals surface area contributed by atoms with Crippen LogP contribution in [0.15, 0.2) is 48.7 Å². The molecule has 1 aromatic carbocycles. The number of fused-ring (bicyclic) bond motifs is 1. The van der Waals surface area contributed by atoms with Gasteiger partial charge in [0.05, 0.1) is 19.0 Å². The maximum atomic E-state index is 14.7. The molecule has 0 aliphatic rings. The molecule has 0 fully saturated rings. The zero-order chi connectivity index (χ0) is 23.8. The minimum atomic E-state index is -4.56. The van der Waals surface area contributed by atoms with E-state index in [4.69, 9.17) is 15.2 Å². The number of rotatable bonds is 6. The number of ether oxygens (including phenoxy) is 2. The van der Waals surface area contributed by atoms with E-state index in [0.29, 0.717) is 11.4 Å². The first-order valence-corrected chi connectivity index (χ1v) is 9.35. The standard InChI is InChI=1S/C21H15F4N5O3/c1-32-12-2-4-14(15(22)7-12)17-8-16(20(26)31)28-19-6-11(29-30(17)19)10-33-13-3-5-18(27-9-13)21(23,24)25/h2-9H,10H2,1H3,(H2,26,31). The lowest BCUT2D eigenvalue weighted by molar-refractivity contribution is -0.141. The molecule has 0 bridgehead atoms. The Morgan fingerprint density at radius 1 is 1.12 bits per heavy atom. The predicted octanol–water partition coefficient (Wildman–Crippen LogP) is 3.64. The summed E-state index contributed by atoms with van der Waals surface area (Å²) in [5.74, 6) is -1.05. The third-order valence-corrected chi connectivity index (χ3v) is 4.60. The van der Waals surface area contributed by atoms with Crippen molar-refractivity contribution in [3.05, 3.63) is 71.6 Å². The van der Waals surface area contributed by atoms with Crippen molar-refractivity contribution in [2.75, 3.05) is 7.11 Å². The van der Waals surface area contributed by atoms with Crippen LogP contribution in [0.3, 0.4) is 0 Å². The van der Waals surface area contributed by atoms with Gasteiger partial charge in [0.2, 0.25) is 0 Å². The zero-order valence-corrected chi connectivity index (χ0v) is 16.9. The van der Waals surface area contributed by atoms with Crippen molar-refractivity contribution in [1.29, 1.82) is 0 Å². The van der Waals surface area contributed by atoms with Crippen LogP contribution in [0.25, 0.3) is 16.9 Å². The Balaban J connectivity index is 1.68. The van der Waals surface area contributed by atoms with Crippen LogP contribution in [-0.2, 0) is 12.8 Å². The fourth-order valence-corrected chi connectivity index (χ4v) is 3.03. The molecule has 33 heavy (non-hydrogen) atoms. The summed E-state index contributed by atoms with van der Waals surface area (Å²) in [6.07, 6.45) is -3.61. The van der Waals surface area contributed by atoms with E-state index in [2.05, 4.69) is 15.1 Å². The molecule has 12 heteroatoms. The number of hydrogen-bond acceptors (Lipinski definition) is 6. The monoisotopic (exact) mass is 461 g/mol. The van der Waals surface area contributed by atoms with Gasteiger partial charge in [0, 0.05) is 17.7 Å². The Bertz CT molecular complexity index is 1340. The fraction of sp³-hybridized carbons (Fsp3) is 0.143. The van der Waals surface area contributed by atoms with Gasteiger partial charge < -0.3 is 15.2 Å².